The van der Waals surface area contributed by atoms with Crippen molar-refractivity contribution in [2.24, 2.45) is 5.73 Å². The molecule has 5 rings (SSSR count). The predicted molar refractivity (Wildman–Crippen MR) is 129 cm³/mol. The molecule has 1 heterocycles. The summed E-state index contributed by atoms with van der Waals surface area (Å²) in [5.41, 5.74) is 3.77. The number of phenols is 2. The Morgan fingerprint density at radius 2 is 1.70 bits per heavy atom. The fourth-order valence-electron chi connectivity index (χ4n) is 5.78. The van der Waals surface area contributed by atoms with Crippen molar-refractivity contribution in [1.82, 2.24) is 0 Å². The number of hydrogen-bond acceptors (Lipinski definition) is 10. The number of ether oxygens (including phenoxy) is 3. The van der Waals surface area contributed by atoms with E-state index in [0.717, 1.165) is 0 Å². The van der Waals surface area contributed by atoms with E-state index in [1.165, 1.54) is 26.2 Å². The second kappa shape index (κ2) is 9.00. The molecule has 2 aromatic carbocycles. The number of Topliss-reactive ketones (excluding diaryl/α,β-unsaturated/α-hetero) is 1. The highest BCUT2D eigenvalue weighted by Gasteiger charge is 2.49. The number of ketones is 3. The van der Waals surface area contributed by atoms with Crippen molar-refractivity contribution in [3.8, 4) is 11.5 Å². The Balaban J connectivity index is 1.64. The van der Waals surface area contributed by atoms with Crippen molar-refractivity contribution in [1.29, 1.82) is 0 Å². The molecule has 5 N–H and O–H groups in total. The van der Waals surface area contributed by atoms with E-state index in [4.69, 9.17) is 19.9 Å². The van der Waals surface area contributed by atoms with E-state index >= 15 is 0 Å². The van der Waals surface area contributed by atoms with Gasteiger partial charge >= 0.3 is 0 Å². The molecule has 0 amide bonds. The minimum absolute atomic E-state index is 0.0291. The molecule has 2 aromatic rings. The lowest BCUT2D eigenvalue weighted by Gasteiger charge is -2.42. The fraction of sp³-hybridized carbons (Fsp3) is 0.444. The van der Waals surface area contributed by atoms with Gasteiger partial charge in [0, 0.05) is 54.7 Å². The maximum Gasteiger partial charge on any atom is 0.198 e. The molecular formula is C27H29NO9. The lowest BCUT2D eigenvalue weighted by Crippen LogP contribution is -2.53. The number of benzene rings is 2. The Kier molecular flexibility index (Phi) is 6.20. The average Bonchev–Trinajstić information content (AvgIpc) is 2.84. The van der Waals surface area contributed by atoms with Gasteiger partial charge in [0.2, 0.25) is 0 Å². The van der Waals surface area contributed by atoms with Crippen molar-refractivity contribution in [2.75, 3.05) is 7.11 Å². The van der Waals surface area contributed by atoms with Gasteiger partial charge in [-0.1, -0.05) is 24.3 Å². The third-order valence-corrected chi connectivity index (χ3v) is 7.73. The van der Waals surface area contributed by atoms with Gasteiger partial charge in [-0.2, -0.15) is 0 Å². The summed E-state index contributed by atoms with van der Waals surface area (Å²) in [5, 5.41) is 33.9. The lowest BCUT2D eigenvalue weighted by molar-refractivity contribution is -0.250. The minimum atomic E-state index is -1.95. The number of hydrogen-bond donors (Lipinski definition) is 4. The number of methoxy groups -OCH3 is 1. The third-order valence-electron chi connectivity index (χ3n) is 7.73. The van der Waals surface area contributed by atoms with Crippen LogP contribution in [0.3, 0.4) is 0 Å². The van der Waals surface area contributed by atoms with E-state index in [2.05, 4.69) is 0 Å². The summed E-state index contributed by atoms with van der Waals surface area (Å²) in [7, 11) is 1.52. The number of carbonyl (C=O) groups is 3. The maximum atomic E-state index is 13.4. The Labute approximate surface area is 212 Å². The van der Waals surface area contributed by atoms with Gasteiger partial charge in [0.05, 0.1) is 29.4 Å². The molecule has 10 nitrogen and oxygen atoms in total. The standard InChI is InChI=1S/C27H29NO9/c1-11-26(35-3)16(28)8-18(36-11)37-17-10-27(34,12(2)29)9-15-19(17)25(33)21-20(24(15)32)22(30)13-6-4-5-7-14(13)23(21)31/h4-7,11,16-18,26,32-34H,8-10,28H2,1-3H3/t11-,16-,17-,18-,26+,27-/m0/s1. The molecule has 2 aliphatic carbocycles. The first kappa shape index (κ1) is 25.5. The highest BCUT2D eigenvalue weighted by atomic mass is 16.7. The van der Waals surface area contributed by atoms with Crippen molar-refractivity contribution in [3.05, 3.63) is 57.6 Å². The molecule has 10 heteroatoms. The zero-order valence-electron chi connectivity index (χ0n) is 20.7. The van der Waals surface area contributed by atoms with Crippen LogP contribution >= 0.6 is 0 Å². The van der Waals surface area contributed by atoms with Crippen LogP contribution in [0.15, 0.2) is 24.3 Å². The summed E-state index contributed by atoms with van der Waals surface area (Å²) in [6.45, 7) is 2.98. The van der Waals surface area contributed by atoms with Crippen molar-refractivity contribution in [3.63, 3.8) is 0 Å². The highest BCUT2D eigenvalue weighted by Crippen LogP contribution is 2.52. The molecule has 0 bridgehead atoms. The molecule has 1 saturated heterocycles. The van der Waals surface area contributed by atoms with Gasteiger partial charge in [0.1, 0.15) is 17.1 Å². The molecule has 0 aromatic heterocycles. The van der Waals surface area contributed by atoms with Crippen LogP contribution < -0.4 is 5.73 Å². The third kappa shape index (κ3) is 3.87. The topological polar surface area (TPSA) is 166 Å². The van der Waals surface area contributed by atoms with Crippen LogP contribution in [-0.2, 0) is 25.4 Å². The molecule has 3 aliphatic rings. The molecule has 1 aliphatic heterocycles. The number of rotatable bonds is 4. The molecule has 0 radical (unpaired) electrons. The number of nitrogens with two attached hydrogens (primary N) is 1. The highest BCUT2D eigenvalue weighted by molar-refractivity contribution is 6.30. The van der Waals surface area contributed by atoms with E-state index in [9.17, 15) is 29.7 Å². The van der Waals surface area contributed by atoms with Crippen LogP contribution in [0.25, 0.3) is 0 Å². The molecule has 0 spiro atoms. The number of aromatic hydroxyl groups is 2. The van der Waals surface area contributed by atoms with Crippen molar-refractivity contribution in [2.45, 2.75) is 69.4 Å². The first-order valence-corrected chi connectivity index (χ1v) is 12.1. The van der Waals surface area contributed by atoms with Gasteiger partial charge in [-0.25, -0.2) is 0 Å². The normalized spacial score (nSPS) is 30.9. The Hall–Kier alpha value is -3.15. The number of aliphatic hydroxyl groups is 1. The van der Waals surface area contributed by atoms with Crippen molar-refractivity contribution < 1.29 is 43.9 Å². The predicted octanol–water partition coefficient (Wildman–Crippen LogP) is 1.67. The zero-order chi connectivity index (χ0) is 26.8. The summed E-state index contributed by atoms with van der Waals surface area (Å²) >= 11 is 0. The quantitative estimate of drug-likeness (QED) is 0.379. The summed E-state index contributed by atoms with van der Waals surface area (Å²) in [4.78, 5) is 39.2. The molecule has 196 valence electrons. The lowest BCUT2D eigenvalue weighted by atomic mass is 9.72. The summed E-state index contributed by atoms with van der Waals surface area (Å²) < 4.78 is 17.5. The van der Waals surface area contributed by atoms with Gasteiger partial charge in [-0.3, -0.25) is 14.4 Å². The maximum absolute atomic E-state index is 13.4. The first-order chi connectivity index (χ1) is 17.5. The number of fused-ring (bicyclic) bond motifs is 3. The summed E-state index contributed by atoms with van der Waals surface area (Å²) in [6, 6.07) is 5.69. The van der Waals surface area contributed by atoms with Gasteiger partial charge in [0.25, 0.3) is 0 Å². The van der Waals surface area contributed by atoms with Crippen LogP contribution in [0.2, 0.25) is 0 Å². The molecular weight excluding hydrogens is 482 g/mol. The van der Waals surface area contributed by atoms with E-state index in [1.54, 1.807) is 19.1 Å². The number of phenolic OH excluding ortho intramolecular Hbond substituents is 2. The smallest absolute Gasteiger partial charge is 0.198 e. The second-order valence-electron chi connectivity index (χ2n) is 10.0. The molecule has 1 fully saturated rings. The van der Waals surface area contributed by atoms with Gasteiger partial charge in [-0.05, 0) is 13.8 Å². The molecule has 0 unspecified atom stereocenters. The van der Waals surface area contributed by atoms with Gasteiger partial charge < -0.3 is 35.3 Å². The van der Waals surface area contributed by atoms with Gasteiger partial charge in [0.15, 0.2) is 23.6 Å². The van der Waals surface area contributed by atoms with Crippen LogP contribution in [0.1, 0.15) is 75.8 Å². The monoisotopic (exact) mass is 511 g/mol. The zero-order valence-corrected chi connectivity index (χ0v) is 20.7. The average molecular weight is 512 g/mol. The van der Waals surface area contributed by atoms with Crippen LogP contribution in [0.5, 0.6) is 11.5 Å². The Bertz CT molecular complexity index is 1310. The Morgan fingerprint density at radius 1 is 1.11 bits per heavy atom. The van der Waals surface area contributed by atoms with Gasteiger partial charge in [-0.15, -0.1) is 0 Å². The van der Waals surface area contributed by atoms with E-state index < -0.39 is 59.0 Å². The first-order valence-electron chi connectivity index (χ1n) is 12.1. The SMILES string of the molecule is CO[C@@H]1[C@H](C)O[C@@H](O[C@H]2C[C@](O)(C(C)=O)Cc3c(O)c4c(c(O)c32)C(=O)c2ccccc2C4=O)C[C@@H]1N. The fourth-order valence-corrected chi connectivity index (χ4v) is 5.78. The van der Waals surface area contributed by atoms with Crippen LogP contribution in [0.4, 0.5) is 0 Å². The van der Waals surface area contributed by atoms with Crippen LogP contribution in [-0.4, -0.2) is 69.9 Å². The largest absolute Gasteiger partial charge is 0.507 e. The molecule has 6 atom stereocenters. The molecule has 0 saturated carbocycles. The minimum Gasteiger partial charge on any atom is -0.507 e. The summed E-state index contributed by atoms with van der Waals surface area (Å²) in [6.07, 6.45) is -3.28. The summed E-state index contributed by atoms with van der Waals surface area (Å²) in [5.74, 6) is -2.95. The number of carbonyl (C=O) groups excluding carboxylic acids is 3. The van der Waals surface area contributed by atoms with E-state index in [-0.39, 0.29) is 58.7 Å². The van der Waals surface area contributed by atoms with Crippen LogP contribution in [0, 0.1) is 0 Å². The van der Waals surface area contributed by atoms with E-state index in [0.29, 0.717) is 0 Å². The van der Waals surface area contributed by atoms with E-state index in [1.807, 2.05) is 0 Å². The van der Waals surface area contributed by atoms with Crippen molar-refractivity contribution >= 4 is 17.3 Å². The second-order valence-corrected chi connectivity index (χ2v) is 10.0. The molecule has 37 heavy (non-hydrogen) atoms. The Morgan fingerprint density at radius 3 is 2.24 bits per heavy atom.